The summed E-state index contributed by atoms with van der Waals surface area (Å²) < 4.78 is 4.61. The maximum absolute atomic E-state index is 10.9. The average molecular weight is 214 g/mol. The maximum Gasteiger partial charge on any atom is 0.305 e. The van der Waals surface area contributed by atoms with Crippen molar-refractivity contribution in [1.29, 1.82) is 0 Å². The number of nitrogens with zero attached hydrogens (tertiary/aromatic N) is 1. The van der Waals surface area contributed by atoms with Gasteiger partial charge in [0.2, 0.25) is 0 Å². The van der Waals surface area contributed by atoms with Gasteiger partial charge in [0, 0.05) is 19.0 Å². The Morgan fingerprint density at radius 1 is 1.53 bits per heavy atom. The van der Waals surface area contributed by atoms with Crippen molar-refractivity contribution in [3.8, 4) is 0 Å². The summed E-state index contributed by atoms with van der Waals surface area (Å²) in [5, 5.41) is 0. The first-order valence-electron chi connectivity index (χ1n) is 5.79. The van der Waals surface area contributed by atoms with E-state index in [9.17, 15) is 4.79 Å². The number of rotatable bonds is 5. The van der Waals surface area contributed by atoms with Crippen molar-refractivity contribution in [1.82, 2.24) is 4.90 Å². The Morgan fingerprint density at radius 2 is 2.33 bits per heavy atom. The molecule has 4 nitrogen and oxygen atoms in total. The van der Waals surface area contributed by atoms with E-state index in [0.717, 1.165) is 26.1 Å². The van der Waals surface area contributed by atoms with E-state index < -0.39 is 0 Å². The van der Waals surface area contributed by atoms with Gasteiger partial charge >= 0.3 is 5.97 Å². The Morgan fingerprint density at radius 3 is 3.00 bits per heavy atom. The number of esters is 1. The number of hydrogen-bond donors (Lipinski definition) is 1. The molecular formula is C11H22N2O2. The van der Waals surface area contributed by atoms with Gasteiger partial charge in [-0.1, -0.05) is 6.42 Å². The summed E-state index contributed by atoms with van der Waals surface area (Å²) in [6.45, 7) is 2.83. The molecule has 0 bridgehead atoms. The van der Waals surface area contributed by atoms with E-state index >= 15 is 0 Å². The second-order valence-electron chi connectivity index (χ2n) is 4.10. The Hall–Kier alpha value is -0.610. The molecule has 1 unspecified atom stereocenters. The van der Waals surface area contributed by atoms with Crippen LogP contribution in [-0.2, 0) is 9.53 Å². The monoisotopic (exact) mass is 214 g/mol. The molecule has 1 rings (SSSR count). The van der Waals surface area contributed by atoms with Crippen LogP contribution < -0.4 is 5.73 Å². The molecule has 1 aliphatic heterocycles. The third kappa shape index (κ3) is 4.18. The van der Waals surface area contributed by atoms with Crippen LogP contribution in [-0.4, -0.2) is 43.7 Å². The van der Waals surface area contributed by atoms with Crippen LogP contribution >= 0.6 is 0 Å². The third-order valence-electron chi connectivity index (χ3n) is 3.08. The second-order valence-corrected chi connectivity index (χ2v) is 4.10. The molecule has 1 aliphatic rings. The molecule has 0 aromatic heterocycles. The molecule has 0 aliphatic carbocycles. The quantitative estimate of drug-likeness (QED) is 0.686. The minimum Gasteiger partial charge on any atom is -0.469 e. The van der Waals surface area contributed by atoms with Crippen LogP contribution in [0.25, 0.3) is 0 Å². The SMILES string of the molecule is COC(=O)CCCN1CCCCC1CN. The second kappa shape index (κ2) is 6.80. The molecule has 1 fully saturated rings. The minimum atomic E-state index is -0.115. The Balaban J connectivity index is 2.20. The van der Waals surface area contributed by atoms with Gasteiger partial charge in [-0.2, -0.15) is 0 Å². The number of carbonyl (C=O) groups excluding carboxylic acids is 1. The van der Waals surface area contributed by atoms with Crippen molar-refractivity contribution >= 4 is 5.97 Å². The van der Waals surface area contributed by atoms with Gasteiger partial charge < -0.3 is 10.5 Å². The molecule has 0 aromatic carbocycles. The zero-order valence-corrected chi connectivity index (χ0v) is 9.58. The third-order valence-corrected chi connectivity index (χ3v) is 3.08. The molecule has 0 amide bonds. The zero-order chi connectivity index (χ0) is 11.1. The molecule has 88 valence electrons. The van der Waals surface area contributed by atoms with E-state index in [2.05, 4.69) is 9.64 Å². The lowest BCUT2D eigenvalue weighted by Gasteiger charge is -2.34. The van der Waals surface area contributed by atoms with Gasteiger partial charge in [0.05, 0.1) is 7.11 Å². The van der Waals surface area contributed by atoms with Crippen LogP contribution in [0.5, 0.6) is 0 Å². The Kier molecular flexibility index (Phi) is 5.65. The van der Waals surface area contributed by atoms with Crippen LogP contribution in [0.1, 0.15) is 32.1 Å². The van der Waals surface area contributed by atoms with Gasteiger partial charge in [0.15, 0.2) is 0 Å². The summed E-state index contributed by atoms with van der Waals surface area (Å²) >= 11 is 0. The Bertz CT molecular complexity index is 197. The molecule has 0 aromatic rings. The highest BCUT2D eigenvalue weighted by Crippen LogP contribution is 2.16. The van der Waals surface area contributed by atoms with Crippen LogP contribution in [0.4, 0.5) is 0 Å². The largest absolute Gasteiger partial charge is 0.469 e. The summed E-state index contributed by atoms with van der Waals surface area (Å²) in [4.78, 5) is 13.3. The number of carbonyl (C=O) groups is 1. The smallest absolute Gasteiger partial charge is 0.305 e. The molecule has 1 saturated heterocycles. The van der Waals surface area contributed by atoms with Crippen molar-refractivity contribution in [3.63, 3.8) is 0 Å². The maximum atomic E-state index is 10.9. The van der Waals surface area contributed by atoms with E-state index in [4.69, 9.17) is 5.73 Å². The van der Waals surface area contributed by atoms with Crippen LogP contribution in [0.2, 0.25) is 0 Å². The molecule has 1 atom stereocenters. The van der Waals surface area contributed by atoms with Crippen LogP contribution in [0, 0.1) is 0 Å². The summed E-state index contributed by atoms with van der Waals surface area (Å²) in [5.74, 6) is -0.115. The first-order chi connectivity index (χ1) is 7.27. The molecule has 0 radical (unpaired) electrons. The topological polar surface area (TPSA) is 55.6 Å². The van der Waals surface area contributed by atoms with Crippen LogP contribution in [0.15, 0.2) is 0 Å². The van der Waals surface area contributed by atoms with Crippen LogP contribution in [0.3, 0.4) is 0 Å². The fourth-order valence-corrected chi connectivity index (χ4v) is 2.15. The fourth-order valence-electron chi connectivity index (χ4n) is 2.15. The lowest BCUT2D eigenvalue weighted by molar-refractivity contribution is -0.140. The molecule has 2 N–H and O–H groups in total. The highest BCUT2D eigenvalue weighted by Gasteiger charge is 2.20. The number of likely N-dealkylation sites (tertiary alicyclic amines) is 1. The number of nitrogens with two attached hydrogens (primary N) is 1. The normalized spacial score (nSPS) is 22.7. The van der Waals surface area contributed by atoms with Crippen molar-refractivity contribution in [2.24, 2.45) is 5.73 Å². The molecule has 1 heterocycles. The number of ether oxygens (including phenoxy) is 1. The predicted molar refractivity (Wildman–Crippen MR) is 59.5 cm³/mol. The zero-order valence-electron chi connectivity index (χ0n) is 9.58. The van der Waals surface area contributed by atoms with Gasteiger partial charge in [-0.05, 0) is 32.4 Å². The minimum absolute atomic E-state index is 0.115. The number of piperidine rings is 1. The average Bonchev–Trinajstić information content (AvgIpc) is 2.29. The van der Waals surface area contributed by atoms with Gasteiger partial charge in [-0.15, -0.1) is 0 Å². The lowest BCUT2D eigenvalue weighted by atomic mass is 10.0. The fraction of sp³-hybridized carbons (Fsp3) is 0.909. The lowest BCUT2D eigenvalue weighted by Crippen LogP contribution is -2.44. The van der Waals surface area contributed by atoms with E-state index in [-0.39, 0.29) is 5.97 Å². The summed E-state index contributed by atoms with van der Waals surface area (Å²) in [6, 6.07) is 0.524. The Labute approximate surface area is 91.8 Å². The standard InChI is InChI=1S/C11H22N2O2/c1-15-11(14)6-4-8-13-7-3-2-5-10(13)9-12/h10H,2-9,12H2,1H3. The van der Waals surface area contributed by atoms with Crippen molar-refractivity contribution in [2.45, 2.75) is 38.1 Å². The van der Waals surface area contributed by atoms with E-state index in [0.29, 0.717) is 12.5 Å². The summed E-state index contributed by atoms with van der Waals surface area (Å²) in [7, 11) is 1.44. The van der Waals surface area contributed by atoms with Gasteiger partial charge in [-0.25, -0.2) is 0 Å². The van der Waals surface area contributed by atoms with Crippen molar-refractivity contribution < 1.29 is 9.53 Å². The van der Waals surface area contributed by atoms with Crippen molar-refractivity contribution in [2.75, 3.05) is 26.7 Å². The van der Waals surface area contributed by atoms with E-state index in [1.807, 2.05) is 0 Å². The highest BCUT2D eigenvalue weighted by atomic mass is 16.5. The van der Waals surface area contributed by atoms with Gasteiger partial charge in [0.1, 0.15) is 0 Å². The molecule has 0 spiro atoms. The molecule has 0 saturated carbocycles. The first kappa shape index (κ1) is 12.5. The number of hydrogen-bond acceptors (Lipinski definition) is 4. The van der Waals surface area contributed by atoms with E-state index in [1.165, 1.54) is 26.4 Å². The first-order valence-corrected chi connectivity index (χ1v) is 5.79. The molecule has 15 heavy (non-hydrogen) atoms. The highest BCUT2D eigenvalue weighted by molar-refractivity contribution is 5.69. The number of methoxy groups -OCH3 is 1. The molecular weight excluding hydrogens is 192 g/mol. The van der Waals surface area contributed by atoms with E-state index in [1.54, 1.807) is 0 Å². The summed E-state index contributed by atoms with van der Waals surface area (Å²) in [5.41, 5.74) is 5.72. The summed E-state index contributed by atoms with van der Waals surface area (Å²) in [6.07, 6.45) is 5.15. The predicted octanol–water partition coefficient (Wildman–Crippen LogP) is 0.753. The van der Waals surface area contributed by atoms with Gasteiger partial charge in [-0.3, -0.25) is 9.69 Å². The molecule has 4 heteroatoms. The van der Waals surface area contributed by atoms with Gasteiger partial charge in [0.25, 0.3) is 0 Å². The van der Waals surface area contributed by atoms with Crippen molar-refractivity contribution in [3.05, 3.63) is 0 Å².